The van der Waals surface area contributed by atoms with E-state index in [0.717, 1.165) is 22.3 Å². The fourth-order valence-electron chi connectivity index (χ4n) is 7.99. The van der Waals surface area contributed by atoms with Gasteiger partial charge in [-0.25, -0.2) is 0 Å². The molecule has 5 unspecified atom stereocenters. The topological polar surface area (TPSA) is 0 Å². The van der Waals surface area contributed by atoms with Crippen LogP contribution in [0.3, 0.4) is 0 Å². The zero-order valence-electron chi connectivity index (χ0n) is 20.0. The Labute approximate surface area is 198 Å². The molecule has 33 heavy (non-hydrogen) atoms. The predicted molar refractivity (Wildman–Crippen MR) is 142 cm³/mol. The van der Waals surface area contributed by atoms with E-state index in [9.17, 15) is 0 Å². The lowest BCUT2D eigenvalue weighted by Crippen LogP contribution is -2.49. The molecule has 0 N–H and O–H groups in total. The van der Waals surface area contributed by atoms with E-state index in [0.29, 0.717) is 11.8 Å². The molecule has 0 heteroatoms. The molecule has 0 saturated heterocycles. The highest BCUT2D eigenvalue weighted by Crippen LogP contribution is 2.64. The summed E-state index contributed by atoms with van der Waals surface area (Å²) in [6.07, 6.45) is 5.39. The van der Waals surface area contributed by atoms with Gasteiger partial charge in [-0.3, -0.25) is 0 Å². The summed E-state index contributed by atoms with van der Waals surface area (Å²) in [4.78, 5) is 0. The Kier molecular flexibility index (Phi) is 4.77. The molecule has 3 aliphatic carbocycles. The SMILES string of the molecule is C=c1ccccc(=C)c2c(cc1)C1(c3c-2ccc2ccccc32)C(C)CC2CC(C)CC1C2. The molecule has 0 radical (unpaired) electrons. The van der Waals surface area contributed by atoms with E-state index in [2.05, 4.69) is 99.8 Å². The molecular formula is C33H34. The van der Waals surface area contributed by atoms with Gasteiger partial charge >= 0.3 is 0 Å². The van der Waals surface area contributed by atoms with E-state index >= 15 is 0 Å². The fourth-order valence-corrected chi connectivity index (χ4v) is 7.99. The third kappa shape index (κ3) is 2.96. The van der Waals surface area contributed by atoms with E-state index in [1.54, 1.807) is 5.56 Å². The summed E-state index contributed by atoms with van der Waals surface area (Å²) < 4.78 is 0. The molecular weight excluding hydrogens is 396 g/mol. The monoisotopic (exact) mass is 430 g/mol. The van der Waals surface area contributed by atoms with Crippen LogP contribution in [-0.2, 0) is 5.41 Å². The van der Waals surface area contributed by atoms with Gasteiger partial charge in [0.1, 0.15) is 0 Å². The van der Waals surface area contributed by atoms with Gasteiger partial charge in [0, 0.05) is 5.41 Å². The van der Waals surface area contributed by atoms with Gasteiger partial charge in [0.15, 0.2) is 0 Å². The minimum absolute atomic E-state index is 0.0349. The fraction of sp³-hybridized carbons (Fsp3) is 0.333. The van der Waals surface area contributed by atoms with Gasteiger partial charge in [0.25, 0.3) is 0 Å². The van der Waals surface area contributed by atoms with Crippen molar-refractivity contribution in [2.45, 2.75) is 44.9 Å². The largest absolute Gasteiger partial charge is 0.0918 e. The molecule has 2 saturated carbocycles. The Morgan fingerprint density at radius 3 is 2.42 bits per heavy atom. The second-order valence-corrected chi connectivity index (χ2v) is 11.0. The minimum Gasteiger partial charge on any atom is -0.0918 e. The second kappa shape index (κ2) is 7.59. The summed E-state index contributed by atoms with van der Waals surface area (Å²) in [6.45, 7) is 13.9. The number of hydrogen-bond donors (Lipinski definition) is 0. The lowest BCUT2D eigenvalue weighted by molar-refractivity contribution is 0.0433. The van der Waals surface area contributed by atoms with Crippen LogP contribution in [0, 0.1) is 23.7 Å². The number of rotatable bonds is 0. The summed E-state index contributed by atoms with van der Waals surface area (Å²) in [7, 11) is 0. The third-order valence-electron chi connectivity index (χ3n) is 8.98. The van der Waals surface area contributed by atoms with Crippen LogP contribution in [0.5, 0.6) is 0 Å². The van der Waals surface area contributed by atoms with Gasteiger partial charge in [-0.2, -0.15) is 0 Å². The molecule has 2 bridgehead atoms. The summed E-state index contributed by atoms with van der Waals surface area (Å²) >= 11 is 0. The van der Waals surface area contributed by atoms with Gasteiger partial charge in [0.2, 0.25) is 0 Å². The highest BCUT2D eigenvalue weighted by Gasteiger charge is 2.57. The molecule has 0 nitrogen and oxygen atoms in total. The number of benzene rings is 2. The lowest BCUT2D eigenvalue weighted by Gasteiger charge is -2.54. The maximum absolute atomic E-state index is 4.59. The summed E-state index contributed by atoms with van der Waals surface area (Å²) in [5, 5.41) is 4.96. The Hall–Kier alpha value is -2.86. The minimum atomic E-state index is 0.0349. The smallest absolute Gasteiger partial charge is 0.0275 e. The number of fused-ring (bicyclic) bond motifs is 10. The van der Waals surface area contributed by atoms with Crippen LogP contribution < -0.4 is 10.4 Å². The summed E-state index contributed by atoms with van der Waals surface area (Å²) in [5.74, 6) is 2.93. The van der Waals surface area contributed by atoms with Crippen LogP contribution in [0.25, 0.3) is 35.1 Å². The van der Waals surface area contributed by atoms with E-state index in [4.69, 9.17) is 0 Å². The van der Waals surface area contributed by atoms with Crippen molar-refractivity contribution in [1.29, 1.82) is 0 Å². The standard InChI is InChI=1S/C33H34/c1-21-9-5-6-10-23(3)31-29-15-14-26-11-7-8-12-28(26)32(29)33(30(31)16-13-21)24(4)19-25-17-22(2)18-27(33)20-25/h5-16,22,24-25,27H,1,3,17-20H2,2,4H3. The van der Waals surface area contributed by atoms with Crippen LogP contribution in [0.4, 0.5) is 0 Å². The van der Waals surface area contributed by atoms with Crippen LogP contribution in [0.15, 0.2) is 72.8 Å². The molecule has 1 spiro atoms. The van der Waals surface area contributed by atoms with E-state index < -0.39 is 0 Å². The van der Waals surface area contributed by atoms with Crippen molar-refractivity contribution >= 4 is 23.9 Å². The van der Waals surface area contributed by atoms with Crippen LogP contribution in [0.2, 0.25) is 0 Å². The maximum Gasteiger partial charge on any atom is 0.0275 e. The highest BCUT2D eigenvalue weighted by atomic mass is 14.6. The molecule has 2 fully saturated rings. The van der Waals surface area contributed by atoms with Crippen molar-refractivity contribution in [2.24, 2.45) is 23.7 Å². The number of hydrogen-bond acceptors (Lipinski definition) is 0. The first kappa shape index (κ1) is 20.7. The average Bonchev–Trinajstić information content (AvgIpc) is 3.10. The van der Waals surface area contributed by atoms with Gasteiger partial charge in [-0.1, -0.05) is 99.8 Å². The van der Waals surface area contributed by atoms with Crippen molar-refractivity contribution in [1.82, 2.24) is 0 Å². The van der Waals surface area contributed by atoms with Crippen LogP contribution in [0.1, 0.15) is 50.7 Å². The van der Waals surface area contributed by atoms with Crippen LogP contribution in [-0.4, -0.2) is 0 Å². The molecule has 3 aromatic rings. The highest BCUT2D eigenvalue weighted by molar-refractivity contribution is 5.97. The molecule has 0 aromatic heterocycles. The Morgan fingerprint density at radius 1 is 0.758 bits per heavy atom. The molecule has 0 heterocycles. The average molecular weight is 431 g/mol. The van der Waals surface area contributed by atoms with Gasteiger partial charge < -0.3 is 0 Å². The molecule has 0 amide bonds. The molecule has 5 atom stereocenters. The first-order valence-corrected chi connectivity index (χ1v) is 12.7. The van der Waals surface area contributed by atoms with Crippen molar-refractivity contribution in [3.05, 3.63) is 94.4 Å². The predicted octanol–water partition coefficient (Wildman–Crippen LogP) is 7.14. The van der Waals surface area contributed by atoms with Crippen molar-refractivity contribution < 1.29 is 0 Å². The zero-order valence-corrected chi connectivity index (χ0v) is 20.0. The van der Waals surface area contributed by atoms with E-state index in [1.807, 2.05) is 0 Å². The third-order valence-corrected chi connectivity index (χ3v) is 8.98. The van der Waals surface area contributed by atoms with E-state index in [-0.39, 0.29) is 5.41 Å². The summed E-state index contributed by atoms with van der Waals surface area (Å²) in [5.41, 5.74) is 5.86. The Morgan fingerprint density at radius 2 is 1.55 bits per heavy atom. The second-order valence-electron chi connectivity index (χ2n) is 11.0. The quantitative estimate of drug-likeness (QED) is 0.355. The van der Waals surface area contributed by atoms with E-state index in [1.165, 1.54) is 53.1 Å². The molecule has 3 aliphatic rings. The first-order valence-electron chi connectivity index (χ1n) is 12.7. The van der Waals surface area contributed by atoms with Gasteiger partial charge in [0.05, 0.1) is 0 Å². The Bertz CT molecular complexity index is 1410. The molecule has 6 rings (SSSR count). The Balaban J connectivity index is 1.82. The zero-order chi connectivity index (χ0) is 22.7. The van der Waals surface area contributed by atoms with Gasteiger partial charge in [-0.05, 0) is 92.8 Å². The molecule has 3 aromatic carbocycles. The van der Waals surface area contributed by atoms with Gasteiger partial charge in [-0.15, -0.1) is 0 Å². The van der Waals surface area contributed by atoms with Crippen LogP contribution >= 0.6 is 0 Å². The van der Waals surface area contributed by atoms with Crippen molar-refractivity contribution in [2.75, 3.05) is 0 Å². The van der Waals surface area contributed by atoms with Crippen molar-refractivity contribution in [3.8, 4) is 11.1 Å². The van der Waals surface area contributed by atoms with Crippen molar-refractivity contribution in [3.63, 3.8) is 0 Å². The maximum atomic E-state index is 4.59. The molecule has 166 valence electrons. The summed E-state index contributed by atoms with van der Waals surface area (Å²) in [6, 6.07) is 26.9. The first-order chi connectivity index (χ1) is 16.0. The normalized spacial score (nSPS) is 29.4. The lowest BCUT2D eigenvalue weighted by atomic mass is 9.49. The molecule has 0 aliphatic heterocycles.